The quantitative estimate of drug-likeness (QED) is 0.894. The van der Waals surface area contributed by atoms with Crippen molar-refractivity contribution >= 4 is 29.1 Å². The van der Waals surface area contributed by atoms with Crippen LogP contribution in [0.4, 0.5) is 5.69 Å². The van der Waals surface area contributed by atoms with Crippen molar-refractivity contribution in [1.82, 2.24) is 5.32 Å². The molecule has 124 valence electrons. The van der Waals surface area contributed by atoms with E-state index < -0.39 is 12.0 Å². The maximum atomic E-state index is 12.2. The number of nitrogens with zero attached hydrogens (tertiary/aromatic N) is 1. The number of aliphatic hydroxyl groups excluding tert-OH is 1. The van der Waals surface area contributed by atoms with Crippen LogP contribution in [0.2, 0.25) is 5.02 Å². The first kappa shape index (κ1) is 16.5. The molecule has 5 nitrogen and oxygen atoms in total. The first-order valence-corrected chi connectivity index (χ1v) is 8.01. The molecule has 2 N–H and O–H groups in total. The number of hydrogen-bond acceptors (Lipinski definition) is 3. The Balaban J connectivity index is 1.63. The summed E-state index contributed by atoms with van der Waals surface area (Å²) < 4.78 is 0. The zero-order valence-corrected chi connectivity index (χ0v) is 13.6. The number of anilines is 1. The van der Waals surface area contributed by atoms with Crippen LogP contribution >= 0.6 is 11.6 Å². The third-order valence-corrected chi connectivity index (χ3v) is 4.23. The molecule has 3 rings (SSSR count). The van der Waals surface area contributed by atoms with Gasteiger partial charge in [0.15, 0.2) is 6.10 Å². The van der Waals surface area contributed by atoms with Crippen molar-refractivity contribution in [3.05, 3.63) is 65.2 Å². The maximum Gasteiger partial charge on any atom is 0.253 e. The number of nitrogens with one attached hydrogen (secondary N) is 1. The minimum absolute atomic E-state index is 0.0486. The average Bonchev–Trinajstić information content (AvgIpc) is 2.96. The number of hydrogen-bond donors (Lipinski definition) is 2. The molecule has 2 atom stereocenters. The molecule has 2 aromatic rings. The smallest absolute Gasteiger partial charge is 0.253 e. The van der Waals surface area contributed by atoms with Gasteiger partial charge >= 0.3 is 0 Å². The van der Waals surface area contributed by atoms with Crippen LogP contribution in [-0.4, -0.2) is 29.5 Å². The number of para-hydroxylation sites is 1. The van der Waals surface area contributed by atoms with E-state index in [-0.39, 0.29) is 18.4 Å². The SMILES string of the molecule is O=C(NC1CC(=O)N(c2ccccc2)C1)C(O)c1ccc(Cl)cc1. The van der Waals surface area contributed by atoms with Crippen LogP contribution in [0.5, 0.6) is 0 Å². The number of benzene rings is 2. The summed E-state index contributed by atoms with van der Waals surface area (Å²) in [6.45, 7) is 0.391. The molecule has 0 spiro atoms. The Hall–Kier alpha value is -2.37. The molecule has 2 aromatic carbocycles. The predicted molar refractivity (Wildman–Crippen MR) is 91.8 cm³/mol. The standard InChI is InChI=1S/C18H17ClN2O3/c19-13-8-6-12(7-9-13)17(23)18(24)20-14-10-16(22)21(11-14)15-4-2-1-3-5-15/h1-9,14,17,23H,10-11H2,(H,20,24). The fourth-order valence-corrected chi connectivity index (χ4v) is 2.86. The molecule has 2 unspecified atom stereocenters. The zero-order valence-electron chi connectivity index (χ0n) is 12.9. The second-order valence-electron chi connectivity index (χ2n) is 5.70. The lowest BCUT2D eigenvalue weighted by molar-refractivity contribution is -0.130. The minimum atomic E-state index is -1.29. The largest absolute Gasteiger partial charge is 0.378 e. The predicted octanol–water partition coefficient (Wildman–Crippen LogP) is 2.30. The highest BCUT2D eigenvalue weighted by Gasteiger charge is 2.32. The van der Waals surface area contributed by atoms with Gasteiger partial charge in [-0.1, -0.05) is 41.9 Å². The van der Waals surface area contributed by atoms with Crippen molar-refractivity contribution in [3.8, 4) is 0 Å². The van der Waals surface area contributed by atoms with Crippen LogP contribution in [-0.2, 0) is 9.59 Å². The highest BCUT2D eigenvalue weighted by Crippen LogP contribution is 2.22. The van der Waals surface area contributed by atoms with Crippen LogP contribution < -0.4 is 10.2 Å². The van der Waals surface area contributed by atoms with E-state index in [1.807, 2.05) is 30.3 Å². The lowest BCUT2D eigenvalue weighted by Crippen LogP contribution is -2.39. The molecular weight excluding hydrogens is 328 g/mol. The molecule has 1 fully saturated rings. The molecule has 0 saturated carbocycles. The van der Waals surface area contributed by atoms with Gasteiger partial charge in [0, 0.05) is 23.7 Å². The molecule has 1 aliphatic heterocycles. The van der Waals surface area contributed by atoms with Gasteiger partial charge in [0.25, 0.3) is 5.91 Å². The number of halogens is 1. The highest BCUT2D eigenvalue weighted by atomic mass is 35.5. The summed E-state index contributed by atoms with van der Waals surface area (Å²) in [6, 6.07) is 15.4. The van der Waals surface area contributed by atoms with Gasteiger partial charge in [-0.3, -0.25) is 9.59 Å². The van der Waals surface area contributed by atoms with Gasteiger partial charge in [-0.15, -0.1) is 0 Å². The van der Waals surface area contributed by atoms with E-state index in [2.05, 4.69) is 5.32 Å². The maximum absolute atomic E-state index is 12.2. The summed E-state index contributed by atoms with van der Waals surface area (Å²) in [5.74, 6) is -0.572. The first-order chi connectivity index (χ1) is 11.5. The molecule has 6 heteroatoms. The monoisotopic (exact) mass is 344 g/mol. The fourth-order valence-electron chi connectivity index (χ4n) is 2.74. The number of amides is 2. The van der Waals surface area contributed by atoms with E-state index in [4.69, 9.17) is 11.6 Å². The zero-order chi connectivity index (χ0) is 17.1. The van der Waals surface area contributed by atoms with Crippen LogP contribution in [0.3, 0.4) is 0 Å². The van der Waals surface area contributed by atoms with Gasteiger partial charge in [-0.25, -0.2) is 0 Å². The van der Waals surface area contributed by atoms with Gasteiger partial charge < -0.3 is 15.3 Å². The summed E-state index contributed by atoms with van der Waals surface area (Å²) in [5.41, 5.74) is 1.26. The summed E-state index contributed by atoms with van der Waals surface area (Å²) >= 11 is 5.80. The van der Waals surface area contributed by atoms with E-state index in [1.165, 1.54) is 0 Å². The van der Waals surface area contributed by atoms with Gasteiger partial charge in [0.1, 0.15) is 0 Å². The van der Waals surface area contributed by atoms with E-state index in [0.29, 0.717) is 17.1 Å². The summed E-state index contributed by atoms with van der Waals surface area (Å²) in [6.07, 6.45) is -1.07. The normalized spacial score (nSPS) is 18.5. The Bertz CT molecular complexity index is 734. The lowest BCUT2D eigenvalue weighted by atomic mass is 10.1. The van der Waals surface area contributed by atoms with E-state index in [9.17, 15) is 14.7 Å². The molecule has 0 radical (unpaired) electrons. The molecule has 1 heterocycles. The fraction of sp³-hybridized carbons (Fsp3) is 0.222. The second kappa shape index (κ2) is 7.03. The topological polar surface area (TPSA) is 69.6 Å². The Kier molecular flexibility index (Phi) is 4.83. The van der Waals surface area contributed by atoms with Gasteiger partial charge in [-0.05, 0) is 29.8 Å². The van der Waals surface area contributed by atoms with Crippen molar-refractivity contribution in [2.24, 2.45) is 0 Å². The molecule has 2 amide bonds. The first-order valence-electron chi connectivity index (χ1n) is 7.64. The summed E-state index contributed by atoms with van der Waals surface area (Å²) in [7, 11) is 0. The Morgan fingerprint density at radius 2 is 1.83 bits per heavy atom. The highest BCUT2D eigenvalue weighted by molar-refractivity contribution is 6.30. The summed E-state index contributed by atoms with van der Waals surface area (Å²) in [5, 5.41) is 13.4. The molecule has 24 heavy (non-hydrogen) atoms. The number of aliphatic hydroxyl groups is 1. The molecule has 0 bridgehead atoms. The molecule has 1 saturated heterocycles. The second-order valence-corrected chi connectivity index (χ2v) is 6.14. The molecule has 1 aliphatic rings. The Morgan fingerprint density at radius 3 is 2.50 bits per heavy atom. The number of rotatable bonds is 4. The van der Waals surface area contributed by atoms with Crippen LogP contribution in [0.15, 0.2) is 54.6 Å². The molecule has 0 aliphatic carbocycles. The molecule has 0 aromatic heterocycles. The van der Waals surface area contributed by atoms with Crippen molar-refractivity contribution in [3.63, 3.8) is 0 Å². The van der Waals surface area contributed by atoms with Crippen LogP contribution in [0.1, 0.15) is 18.1 Å². The van der Waals surface area contributed by atoms with Crippen molar-refractivity contribution in [1.29, 1.82) is 0 Å². The Morgan fingerprint density at radius 1 is 1.17 bits per heavy atom. The minimum Gasteiger partial charge on any atom is -0.378 e. The van der Waals surface area contributed by atoms with E-state index in [1.54, 1.807) is 29.2 Å². The van der Waals surface area contributed by atoms with Crippen LogP contribution in [0.25, 0.3) is 0 Å². The third kappa shape index (κ3) is 3.58. The molecular formula is C18H17ClN2O3. The van der Waals surface area contributed by atoms with Crippen molar-refractivity contribution in [2.75, 3.05) is 11.4 Å². The van der Waals surface area contributed by atoms with E-state index in [0.717, 1.165) is 5.69 Å². The van der Waals surface area contributed by atoms with Crippen LogP contribution in [0, 0.1) is 0 Å². The lowest BCUT2D eigenvalue weighted by Gasteiger charge is -2.18. The third-order valence-electron chi connectivity index (χ3n) is 3.97. The van der Waals surface area contributed by atoms with Gasteiger partial charge in [0.2, 0.25) is 5.91 Å². The van der Waals surface area contributed by atoms with Crippen molar-refractivity contribution in [2.45, 2.75) is 18.6 Å². The van der Waals surface area contributed by atoms with E-state index >= 15 is 0 Å². The number of carbonyl (C=O) groups excluding carboxylic acids is 2. The van der Waals surface area contributed by atoms with Gasteiger partial charge in [-0.2, -0.15) is 0 Å². The van der Waals surface area contributed by atoms with Gasteiger partial charge in [0.05, 0.1) is 6.04 Å². The van der Waals surface area contributed by atoms with Crippen molar-refractivity contribution < 1.29 is 14.7 Å². The summed E-state index contributed by atoms with van der Waals surface area (Å²) in [4.78, 5) is 26.0. The number of carbonyl (C=O) groups is 2. The average molecular weight is 345 g/mol. The Labute approximate surface area is 144 Å².